The first-order valence-corrected chi connectivity index (χ1v) is 50.8. The molecule has 579 valence electrons. The number of rotatable bonds is 37. The molecule has 1 radical (unpaired) electrons. The Labute approximate surface area is 702 Å². The number of halogens is 1. The van der Waals surface area contributed by atoms with Crippen LogP contribution in [0.15, 0.2) is 101 Å². The first-order chi connectivity index (χ1) is 53.1. The summed E-state index contributed by atoms with van der Waals surface area (Å²) in [5.74, 6) is 6.38. The number of aliphatic hydroxyl groups excluding tert-OH is 1. The molecule has 5 nitrogen and oxygen atoms in total. The number of aliphatic hydroxyl groups is 1. The third kappa shape index (κ3) is 25.3. The van der Waals surface area contributed by atoms with Gasteiger partial charge in [-0.15, -0.1) is 125 Å². The van der Waals surface area contributed by atoms with Crippen LogP contribution in [0.3, 0.4) is 0 Å². The van der Waals surface area contributed by atoms with Crippen LogP contribution in [0.5, 0.6) is 0 Å². The number of aromatic nitrogens is 4. The molecule has 13 aromatic rings. The first kappa shape index (κ1) is 80.3. The van der Waals surface area contributed by atoms with Gasteiger partial charge in [0.05, 0.1) is 60.4 Å². The van der Waals surface area contributed by atoms with Crippen molar-refractivity contribution in [2.75, 3.05) is 4.61 Å². The van der Waals surface area contributed by atoms with E-state index in [0.717, 1.165) is 102 Å². The van der Waals surface area contributed by atoms with E-state index in [0.29, 0.717) is 5.67 Å². The van der Waals surface area contributed by atoms with Crippen molar-refractivity contribution in [1.82, 2.24) is 19.9 Å². The fourth-order valence-electron chi connectivity index (χ4n) is 13.6. The quantitative estimate of drug-likeness (QED) is 0.0239. The van der Waals surface area contributed by atoms with Crippen molar-refractivity contribution >= 4 is 192 Å². The van der Waals surface area contributed by atoms with Gasteiger partial charge in [0, 0.05) is 45.3 Å². The fourth-order valence-corrected chi connectivity index (χ4v) is 24.7. The van der Waals surface area contributed by atoms with E-state index in [1.807, 2.05) is 113 Å². The molecule has 0 aliphatic rings. The van der Waals surface area contributed by atoms with Crippen LogP contribution < -0.4 is 0 Å². The number of thiophene rings is 7. The SMILES string of the molecule is C.CC(C)CCCC(C)CCc1ccc(-c2nc3c(-c4cccs4)c4sc(-c5ccc(CCC(C)CCCC(C)C)s5)nc4c(-c4cccs4)c3s2)s1.Cc1c2nc(-c3ccc(CCC(C)CCCC(C)C)s3)sc2c(C)c2nc(-c3ccc(CCC(C)CCCC(C)C)s3)sc12.Cc1cccs1.[2H]I([2H])([2H])([B][3H])CO[3H]. The van der Waals surface area contributed by atoms with Crippen LogP contribution >= 0.6 is 145 Å². The molecule has 0 aliphatic carbocycles. The third-order valence-electron chi connectivity index (χ3n) is 20.0. The molecule has 0 spiro atoms. The van der Waals surface area contributed by atoms with Gasteiger partial charge < -0.3 is 0 Å². The van der Waals surface area contributed by atoms with E-state index in [4.69, 9.17) is 24.5 Å². The molecule has 4 atom stereocenters. The number of nitrogens with zero attached hydrogens (tertiary/aromatic N) is 4. The van der Waals surface area contributed by atoms with E-state index in [2.05, 4.69) is 210 Å². The number of aryl methyl sites for hydroxylation is 7. The Kier molecular flexibility index (Phi) is 32.8. The number of thiazole rings is 4. The summed E-state index contributed by atoms with van der Waals surface area (Å²) in [6.07, 6.45) is 25.9. The van der Waals surface area contributed by atoms with Crippen molar-refractivity contribution in [2.24, 2.45) is 47.3 Å². The van der Waals surface area contributed by atoms with Crippen LogP contribution in [0.4, 0.5) is 0 Å². The van der Waals surface area contributed by atoms with Crippen LogP contribution in [-0.4, -0.2) is 39.9 Å². The summed E-state index contributed by atoms with van der Waals surface area (Å²) in [4.78, 5) is 36.5. The summed E-state index contributed by atoms with van der Waals surface area (Å²) in [5, 5.41) is 14.8. The van der Waals surface area contributed by atoms with Gasteiger partial charge >= 0.3 is 40.3 Å². The van der Waals surface area contributed by atoms with Crippen molar-refractivity contribution in [3.63, 3.8) is 0 Å². The zero-order valence-corrected chi connectivity index (χ0v) is 76.6. The Morgan fingerprint density at radius 1 is 0.383 bits per heavy atom. The summed E-state index contributed by atoms with van der Waals surface area (Å²) in [7, 11) is 0. The topological polar surface area (TPSA) is 71.8 Å². The Morgan fingerprint density at radius 3 is 0.944 bits per heavy atom. The minimum absolute atomic E-state index is 0. The average Bonchev–Trinajstić information content (AvgIpc) is 1.56. The number of alkyl halides is 1. The van der Waals surface area contributed by atoms with Crippen molar-refractivity contribution in [2.45, 2.75) is 240 Å². The van der Waals surface area contributed by atoms with Crippen molar-refractivity contribution in [1.29, 1.82) is 4.55 Å². The van der Waals surface area contributed by atoms with E-state index < -0.39 is 25.0 Å². The minimum atomic E-state index is -4.81. The number of fused-ring (bicyclic) bond motifs is 4. The normalized spacial score (nSPS) is 14.0. The van der Waals surface area contributed by atoms with Gasteiger partial charge in [0.25, 0.3) is 0 Å². The van der Waals surface area contributed by atoms with Crippen molar-refractivity contribution in [3.8, 4) is 60.4 Å². The number of benzene rings is 2. The predicted molar refractivity (Wildman–Crippen MR) is 508 cm³/mol. The fraction of sp³-hybridized carbons (Fsp3) is 0.506. The molecule has 107 heavy (non-hydrogen) atoms. The van der Waals surface area contributed by atoms with Gasteiger partial charge in [-0.1, -0.05) is 186 Å². The second-order valence-electron chi connectivity index (χ2n) is 31.2. The molecule has 4 unspecified atom stereocenters. The van der Waals surface area contributed by atoms with Crippen LogP contribution in [0, 0.1) is 68.1 Å². The molecule has 0 fully saturated rings. The molecule has 2 aromatic carbocycles. The Bertz CT molecular complexity index is 4550. The molecular weight excluding hydrogens is 1630 g/mol. The van der Waals surface area contributed by atoms with E-state index in [1.165, 1.54) is 210 Å². The van der Waals surface area contributed by atoms with Crippen molar-refractivity contribution < 1.29 is 5.11 Å². The summed E-state index contributed by atoms with van der Waals surface area (Å²) < 4.78 is 38.1. The molecule has 13 rings (SSSR count). The van der Waals surface area contributed by atoms with Gasteiger partial charge in [0.2, 0.25) is 0 Å². The second-order valence-corrected chi connectivity index (χ2v) is 44.4. The van der Waals surface area contributed by atoms with E-state index in [1.54, 1.807) is 11.3 Å². The second kappa shape index (κ2) is 43.8. The molecule has 1 N–H and O–H groups in total. The molecule has 11 heterocycles. The molecule has 11 aromatic heterocycles. The van der Waals surface area contributed by atoms with Gasteiger partial charge in [-0.25, -0.2) is 19.9 Å². The zero-order valence-electron chi connectivity index (χ0n) is 70.4. The van der Waals surface area contributed by atoms with Gasteiger partial charge in [-0.2, -0.15) is 0 Å². The summed E-state index contributed by atoms with van der Waals surface area (Å²) in [5.41, 5.74) is 10.1. The Balaban J connectivity index is 0.000000217. The molecule has 0 amide bonds. The molecular formula is C89H121BIN4OS11. The van der Waals surface area contributed by atoms with Crippen LogP contribution in [-0.2, 0) is 25.7 Å². The Hall–Kier alpha value is -3.35. The molecule has 0 saturated carbocycles. The number of hydrogen-bond acceptors (Lipinski definition) is 16. The molecule has 18 heteroatoms. The van der Waals surface area contributed by atoms with E-state index >= 15 is 0 Å². The number of hydrogen-bond donors (Lipinski definition) is 1. The first-order valence-electron chi connectivity index (χ1n) is 41.0. The summed E-state index contributed by atoms with van der Waals surface area (Å²) >= 11 is 15.8. The van der Waals surface area contributed by atoms with Gasteiger partial charge in [-0.3, -0.25) is 0 Å². The van der Waals surface area contributed by atoms with Gasteiger partial charge in [0.15, 0.2) is 0 Å². The molecule has 0 bridgehead atoms. The monoisotopic (exact) mass is 1760 g/mol. The third-order valence-corrected chi connectivity index (χ3v) is 32.7. The van der Waals surface area contributed by atoms with Crippen LogP contribution in [0.2, 0.25) is 0 Å². The van der Waals surface area contributed by atoms with Crippen molar-refractivity contribution in [3.05, 3.63) is 137 Å². The summed E-state index contributed by atoms with van der Waals surface area (Å²) in [6.45, 7) is 35.0. The van der Waals surface area contributed by atoms with E-state index in [-0.39, 0.29) is 7.43 Å². The average molecular weight is 1760 g/mol. The van der Waals surface area contributed by atoms with Gasteiger partial charge in [0.1, 0.15) is 20.0 Å². The zero-order chi connectivity index (χ0) is 79.5. The predicted octanol–water partition coefficient (Wildman–Crippen LogP) is 32.0. The molecule has 0 saturated heterocycles. The van der Waals surface area contributed by atoms with E-state index in [9.17, 15) is 0 Å². The van der Waals surface area contributed by atoms with Gasteiger partial charge in [-0.05, 0) is 213 Å². The maximum atomic E-state index is 6.96. The standard InChI is InChI=1S/C44H52N2S6.C38H52N2S4.C5H6S.CH7BIO.CH4/c1-27(2)11-7-13-29(5)17-19-31-21-23-35(49-31)43-45-39-37(33-15-9-25-47-33)42-40(38(41(39)51-43)34-16-10-26-48-34)46-44(52-42)36-24-22-32(50-36)20-18-30(6)14-8-12-28(3)4;1-23(2)11-9-13-25(5)15-17-29-19-21-31(41-29)37-39-33-27(7)36-34(28(8)35(33)43-37)40-38(44-36)32-22-20-30(42-32)18-16-26(6)14-10-12-24(3)4;1-5-3-2-4-6-5;2-3-1-4;/h9-10,15-16,21-30H,7-8,11-14,17-20H2,1-6H3;19-26H,9-18H2,1-8H3;2-4H,1H3;2,4H,1H2,3H3;1H4/i;;;2T,3D3,4T;. The van der Waals surface area contributed by atoms with Crippen LogP contribution in [0.25, 0.3) is 101 Å². The maximum absolute atomic E-state index is 6.96. The molecule has 0 aliphatic heterocycles. The summed E-state index contributed by atoms with van der Waals surface area (Å²) in [6, 6.07) is 31.6. The van der Waals surface area contributed by atoms with Crippen LogP contribution in [0.1, 0.15) is 229 Å². The Morgan fingerprint density at radius 2 is 0.692 bits per heavy atom.